The van der Waals surface area contributed by atoms with Crippen molar-refractivity contribution in [3.05, 3.63) is 24.0 Å². The molecule has 0 aromatic carbocycles. The van der Waals surface area contributed by atoms with Gasteiger partial charge in [-0.25, -0.2) is 8.42 Å². The monoisotopic (exact) mass is 242 g/mol. The van der Waals surface area contributed by atoms with E-state index < -0.39 is 10.0 Å². The lowest BCUT2D eigenvalue weighted by molar-refractivity contribution is 0.112. The topological polar surface area (TPSA) is 67.3 Å². The van der Waals surface area contributed by atoms with Gasteiger partial charge in [-0.2, -0.15) is 4.31 Å². The molecule has 0 bridgehead atoms. The number of nitrogens with zero attached hydrogens (tertiary/aromatic N) is 2. The first-order valence-corrected chi connectivity index (χ1v) is 6.40. The minimum Gasteiger partial charge on any atom is -0.298 e. The lowest BCUT2D eigenvalue weighted by atomic mass is 10.3. The van der Waals surface area contributed by atoms with E-state index in [1.165, 1.54) is 22.8 Å². The molecule has 16 heavy (non-hydrogen) atoms. The molecule has 0 unspecified atom stereocenters. The first-order chi connectivity index (χ1) is 7.56. The molecule has 0 amide bonds. The molecule has 1 aromatic rings. The van der Waals surface area contributed by atoms with Crippen LogP contribution in [0, 0.1) is 0 Å². The molecule has 0 aliphatic carbocycles. The summed E-state index contributed by atoms with van der Waals surface area (Å²) in [7, 11) is -3.52. The number of aldehydes is 1. The van der Waals surface area contributed by atoms with Gasteiger partial charge >= 0.3 is 0 Å². The molecule has 0 aliphatic rings. The summed E-state index contributed by atoms with van der Waals surface area (Å²) in [5.41, 5.74) is 0.258. The van der Waals surface area contributed by atoms with Gasteiger partial charge in [-0.3, -0.25) is 9.78 Å². The fourth-order valence-corrected chi connectivity index (χ4v) is 2.81. The highest BCUT2D eigenvalue weighted by molar-refractivity contribution is 7.89. The Balaban J connectivity index is 3.21. The molecule has 6 heteroatoms. The van der Waals surface area contributed by atoms with Gasteiger partial charge in [0.2, 0.25) is 10.0 Å². The van der Waals surface area contributed by atoms with E-state index in [2.05, 4.69) is 4.98 Å². The highest BCUT2D eigenvalue weighted by atomic mass is 32.2. The number of pyridine rings is 1. The van der Waals surface area contributed by atoms with Gasteiger partial charge in [0.25, 0.3) is 0 Å². The molecule has 1 heterocycles. The second-order valence-corrected chi connectivity index (χ2v) is 5.10. The van der Waals surface area contributed by atoms with Crippen molar-refractivity contribution in [2.24, 2.45) is 0 Å². The Labute approximate surface area is 95.2 Å². The number of hydrogen-bond acceptors (Lipinski definition) is 4. The Kier molecular flexibility index (Phi) is 4.14. The third kappa shape index (κ3) is 2.45. The maximum absolute atomic E-state index is 12.0. The third-order valence-electron chi connectivity index (χ3n) is 2.21. The number of hydrogen-bond donors (Lipinski definition) is 0. The first kappa shape index (κ1) is 12.8. The lowest BCUT2D eigenvalue weighted by Crippen LogP contribution is -2.30. The minimum absolute atomic E-state index is 0.0563. The average Bonchev–Trinajstić information content (AvgIpc) is 2.30. The van der Waals surface area contributed by atoms with Gasteiger partial charge in [-0.15, -0.1) is 0 Å². The van der Waals surface area contributed by atoms with Crippen molar-refractivity contribution in [3.63, 3.8) is 0 Å². The Morgan fingerprint density at radius 3 is 2.44 bits per heavy atom. The number of carbonyl (C=O) groups is 1. The maximum Gasteiger partial charge on any atom is 0.244 e. The van der Waals surface area contributed by atoms with Crippen LogP contribution in [0.4, 0.5) is 0 Å². The standard InChI is InChI=1S/C10H14N2O3S/c1-3-12(4-2)16(14,15)10-5-9(8-13)6-11-7-10/h5-8H,3-4H2,1-2H3. The molecule has 5 nitrogen and oxygen atoms in total. The van der Waals surface area contributed by atoms with E-state index in [0.29, 0.717) is 19.4 Å². The van der Waals surface area contributed by atoms with Crippen LogP contribution in [0.5, 0.6) is 0 Å². The molecule has 88 valence electrons. The Morgan fingerprint density at radius 1 is 1.31 bits per heavy atom. The maximum atomic E-state index is 12.0. The summed E-state index contributed by atoms with van der Waals surface area (Å²) in [4.78, 5) is 14.3. The van der Waals surface area contributed by atoms with Crippen molar-refractivity contribution in [1.82, 2.24) is 9.29 Å². The van der Waals surface area contributed by atoms with Crippen LogP contribution >= 0.6 is 0 Å². The molecular formula is C10H14N2O3S. The van der Waals surface area contributed by atoms with Crippen LogP contribution in [0.25, 0.3) is 0 Å². The van der Waals surface area contributed by atoms with Gasteiger partial charge in [0.1, 0.15) is 4.90 Å². The SMILES string of the molecule is CCN(CC)S(=O)(=O)c1cncc(C=O)c1. The molecule has 0 fully saturated rings. The van der Waals surface area contributed by atoms with E-state index in [-0.39, 0.29) is 10.5 Å². The van der Waals surface area contributed by atoms with Crippen molar-refractivity contribution in [1.29, 1.82) is 0 Å². The van der Waals surface area contributed by atoms with Gasteiger partial charge in [-0.05, 0) is 6.07 Å². The Bertz CT molecular complexity index is 467. The molecular weight excluding hydrogens is 228 g/mol. The summed E-state index contributed by atoms with van der Waals surface area (Å²) in [6, 6.07) is 1.33. The van der Waals surface area contributed by atoms with Crippen LogP contribution in [0.15, 0.2) is 23.4 Å². The molecule has 0 aliphatic heterocycles. The second kappa shape index (κ2) is 5.18. The summed E-state index contributed by atoms with van der Waals surface area (Å²) < 4.78 is 25.4. The summed E-state index contributed by atoms with van der Waals surface area (Å²) in [5.74, 6) is 0. The van der Waals surface area contributed by atoms with Gasteiger partial charge in [-0.1, -0.05) is 13.8 Å². The van der Waals surface area contributed by atoms with Crippen molar-refractivity contribution >= 4 is 16.3 Å². The highest BCUT2D eigenvalue weighted by Gasteiger charge is 2.21. The first-order valence-electron chi connectivity index (χ1n) is 4.96. The van der Waals surface area contributed by atoms with Crippen LogP contribution in [0.3, 0.4) is 0 Å². The number of rotatable bonds is 5. The summed E-state index contributed by atoms with van der Waals surface area (Å²) >= 11 is 0. The molecule has 0 spiro atoms. The van der Waals surface area contributed by atoms with Crippen molar-refractivity contribution < 1.29 is 13.2 Å². The molecule has 1 aromatic heterocycles. The predicted octanol–water partition coefficient (Wildman–Crippen LogP) is 0.925. The van der Waals surface area contributed by atoms with Crippen LogP contribution in [0.2, 0.25) is 0 Å². The predicted molar refractivity (Wildman–Crippen MR) is 59.7 cm³/mol. The molecule has 0 saturated heterocycles. The summed E-state index contributed by atoms with van der Waals surface area (Å²) in [5, 5.41) is 0. The number of sulfonamides is 1. The van der Waals surface area contributed by atoms with Gasteiger partial charge < -0.3 is 0 Å². The minimum atomic E-state index is -3.52. The van der Waals surface area contributed by atoms with Gasteiger partial charge in [0.15, 0.2) is 6.29 Å². The third-order valence-corrected chi connectivity index (χ3v) is 4.23. The van der Waals surface area contributed by atoms with E-state index in [9.17, 15) is 13.2 Å². The Morgan fingerprint density at radius 2 is 1.94 bits per heavy atom. The van der Waals surface area contributed by atoms with E-state index >= 15 is 0 Å². The smallest absolute Gasteiger partial charge is 0.244 e. The fraction of sp³-hybridized carbons (Fsp3) is 0.400. The molecule has 1 rings (SSSR count). The largest absolute Gasteiger partial charge is 0.298 e. The number of carbonyl (C=O) groups excluding carboxylic acids is 1. The zero-order chi connectivity index (χ0) is 12.2. The Hall–Kier alpha value is -1.27. The van der Waals surface area contributed by atoms with Gasteiger partial charge in [0, 0.05) is 31.0 Å². The quantitative estimate of drug-likeness (QED) is 0.720. The summed E-state index contributed by atoms with van der Waals surface area (Å²) in [6.07, 6.45) is 3.16. The fourth-order valence-electron chi connectivity index (χ4n) is 1.35. The van der Waals surface area contributed by atoms with Crippen LogP contribution in [0.1, 0.15) is 24.2 Å². The molecule has 0 saturated carbocycles. The van der Waals surface area contributed by atoms with E-state index in [1.807, 2.05) is 0 Å². The number of aromatic nitrogens is 1. The normalized spacial score (nSPS) is 11.7. The van der Waals surface area contributed by atoms with Crippen LogP contribution < -0.4 is 0 Å². The average molecular weight is 242 g/mol. The molecule has 0 atom stereocenters. The highest BCUT2D eigenvalue weighted by Crippen LogP contribution is 2.14. The molecule has 0 N–H and O–H groups in total. The van der Waals surface area contributed by atoms with Crippen molar-refractivity contribution in [2.75, 3.05) is 13.1 Å². The van der Waals surface area contributed by atoms with Crippen molar-refractivity contribution in [3.8, 4) is 0 Å². The lowest BCUT2D eigenvalue weighted by Gasteiger charge is -2.18. The van der Waals surface area contributed by atoms with E-state index in [4.69, 9.17) is 0 Å². The second-order valence-electron chi connectivity index (χ2n) is 3.16. The zero-order valence-electron chi connectivity index (χ0n) is 9.25. The summed E-state index contributed by atoms with van der Waals surface area (Å²) in [6.45, 7) is 4.31. The van der Waals surface area contributed by atoms with Gasteiger partial charge in [0.05, 0.1) is 0 Å². The van der Waals surface area contributed by atoms with Crippen LogP contribution in [-0.2, 0) is 10.0 Å². The molecule has 0 radical (unpaired) electrons. The van der Waals surface area contributed by atoms with E-state index in [1.54, 1.807) is 13.8 Å². The van der Waals surface area contributed by atoms with E-state index in [0.717, 1.165) is 0 Å². The zero-order valence-corrected chi connectivity index (χ0v) is 10.1. The van der Waals surface area contributed by atoms with Crippen LogP contribution in [-0.4, -0.2) is 37.1 Å². The van der Waals surface area contributed by atoms with Crippen molar-refractivity contribution in [2.45, 2.75) is 18.7 Å².